The molecule has 2 N–H and O–H groups in total. The molecule has 6 heteroatoms. The predicted molar refractivity (Wildman–Crippen MR) is 100 cm³/mol. The SMILES string of the molecule is CC(C)NC(=O)c1nc(C(=O)NC(C)c2ccccc2)n2c1CCCC2. The van der Waals surface area contributed by atoms with E-state index in [1.165, 1.54) is 0 Å². The Labute approximate surface area is 154 Å². The maximum absolute atomic E-state index is 12.8. The highest BCUT2D eigenvalue weighted by molar-refractivity contribution is 5.97. The van der Waals surface area contributed by atoms with Gasteiger partial charge in [-0.05, 0) is 45.6 Å². The van der Waals surface area contributed by atoms with Crippen LogP contribution in [-0.2, 0) is 13.0 Å². The molecule has 3 rings (SSSR count). The number of imidazole rings is 1. The van der Waals surface area contributed by atoms with E-state index in [2.05, 4.69) is 15.6 Å². The Bertz CT molecular complexity index is 796. The van der Waals surface area contributed by atoms with Crippen LogP contribution in [-0.4, -0.2) is 27.4 Å². The summed E-state index contributed by atoms with van der Waals surface area (Å²) in [6.07, 6.45) is 2.77. The predicted octanol–water partition coefficient (Wildman–Crippen LogP) is 2.85. The monoisotopic (exact) mass is 354 g/mol. The van der Waals surface area contributed by atoms with Crippen molar-refractivity contribution < 1.29 is 9.59 Å². The van der Waals surface area contributed by atoms with E-state index in [1.807, 2.05) is 55.7 Å². The molecule has 0 radical (unpaired) electrons. The van der Waals surface area contributed by atoms with E-state index in [0.29, 0.717) is 11.5 Å². The molecule has 0 fully saturated rings. The van der Waals surface area contributed by atoms with E-state index in [-0.39, 0.29) is 23.9 Å². The summed E-state index contributed by atoms with van der Waals surface area (Å²) >= 11 is 0. The minimum atomic E-state index is -0.243. The molecule has 0 saturated heterocycles. The third-order valence-electron chi connectivity index (χ3n) is 4.60. The highest BCUT2D eigenvalue weighted by atomic mass is 16.2. The molecule has 1 aromatic carbocycles. The van der Waals surface area contributed by atoms with Gasteiger partial charge in [-0.1, -0.05) is 30.3 Å². The Morgan fingerprint density at radius 2 is 1.77 bits per heavy atom. The van der Waals surface area contributed by atoms with Gasteiger partial charge >= 0.3 is 0 Å². The van der Waals surface area contributed by atoms with Crippen molar-refractivity contribution in [3.8, 4) is 0 Å². The van der Waals surface area contributed by atoms with Crippen LogP contribution in [0.5, 0.6) is 0 Å². The molecule has 1 aliphatic rings. The number of amides is 2. The fourth-order valence-corrected chi connectivity index (χ4v) is 3.31. The molecule has 0 spiro atoms. The minimum absolute atomic E-state index is 0.0267. The molecule has 138 valence electrons. The van der Waals surface area contributed by atoms with Crippen LogP contribution in [0, 0.1) is 0 Å². The van der Waals surface area contributed by atoms with Crippen molar-refractivity contribution in [2.24, 2.45) is 0 Å². The molecule has 1 aromatic heterocycles. The molecular formula is C20H26N4O2. The van der Waals surface area contributed by atoms with Gasteiger partial charge in [-0.15, -0.1) is 0 Å². The van der Waals surface area contributed by atoms with E-state index in [1.54, 1.807) is 0 Å². The number of carbonyl (C=O) groups is 2. The third kappa shape index (κ3) is 3.79. The van der Waals surface area contributed by atoms with Gasteiger partial charge in [0.2, 0.25) is 0 Å². The molecule has 0 saturated carbocycles. The first-order valence-corrected chi connectivity index (χ1v) is 9.23. The summed E-state index contributed by atoms with van der Waals surface area (Å²) in [5, 5.41) is 5.88. The van der Waals surface area contributed by atoms with E-state index in [4.69, 9.17) is 0 Å². The lowest BCUT2D eigenvalue weighted by molar-refractivity contribution is 0.0923. The molecule has 2 heterocycles. The van der Waals surface area contributed by atoms with Crippen molar-refractivity contribution in [3.63, 3.8) is 0 Å². The first kappa shape index (κ1) is 18.2. The Balaban J connectivity index is 1.86. The van der Waals surface area contributed by atoms with Crippen molar-refractivity contribution in [2.75, 3.05) is 0 Å². The first-order chi connectivity index (χ1) is 12.5. The Morgan fingerprint density at radius 3 is 2.46 bits per heavy atom. The molecular weight excluding hydrogens is 328 g/mol. The molecule has 0 bridgehead atoms. The Kier molecular flexibility index (Phi) is 5.40. The molecule has 0 aliphatic carbocycles. The average Bonchev–Trinajstić information content (AvgIpc) is 3.02. The molecule has 26 heavy (non-hydrogen) atoms. The van der Waals surface area contributed by atoms with Gasteiger partial charge in [0.05, 0.1) is 11.7 Å². The smallest absolute Gasteiger partial charge is 0.287 e. The third-order valence-corrected chi connectivity index (χ3v) is 4.60. The van der Waals surface area contributed by atoms with Crippen LogP contribution >= 0.6 is 0 Å². The number of nitrogens with zero attached hydrogens (tertiary/aromatic N) is 2. The summed E-state index contributed by atoms with van der Waals surface area (Å²) < 4.78 is 1.91. The average molecular weight is 354 g/mol. The van der Waals surface area contributed by atoms with Gasteiger partial charge in [0, 0.05) is 12.6 Å². The molecule has 1 aliphatic heterocycles. The lowest BCUT2D eigenvalue weighted by atomic mass is 10.1. The van der Waals surface area contributed by atoms with Crippen LogP contribution in [0.15, 0.2) is 30.3 Å². The van der Waals surface area contributed by atoms with Gasteiger partial charge in [-0.3, -0.25) is 9.59 Å². The topological polar surface area (TPSA) is 76.0 Å². The van der Waals surface area contributed by atoms with Crippen LogP contribution < -0.4 is 10.6 Å². The van der Waals surface area contributed by atoms with Crippen molar-refractivity contribution >= 4 is 11.8 Å². The summed E-state index contributed by atoms with van der Waals surface area (Å²) in [4.78, 5) is 29.8. The number of benzene rings is 1. The summed E-state index contributed by atoms with van der Waals surface area (Å²) in [5.74, 6) is -0.120. The number of fused-ring (bicyclic) bond motifs is 1. The molecule has 1 unspecified atom stereocenters. The van der Waals surface area contributed by atoms with Crippen LogP contribution in [0.2, 0.25) is 0 Å². The minimum Gasteiger partial charge on any atom is -0.348 e. The standard InChI is InChI=1S/C20H26N4O2/c1-13(2)21-19(25)17-16-11-7-8-12-24(16)18(23-17)20(26)22-14(3)15-9-5-4-6-10-15/h4-6,9-10,13-14H,7-8,11-12H2,1-3H3,(H,21,25)(H,22,26). The van der Waals surface area contributed by atoms with Crippen molar-refractivity contribution in [1.29, 1.82) is 0 Å². The highest BCUT2D eigenvalue weighted by Gasteiger charge is 2.28. The van der Waals surface area contributed by atoms with Crippen LogP contribution in [0.1, 0.15) is 72.0 Å². The maximum Gasteiger partial charge on any atom is 0.287 e. The number of hydrogen-bond donors (Lipinski definition) is 2. The second kappa shape index (κ2) is 7.72. The maximum atomic E-state index is 12.8. The second-order valence-electron chi connectivity index (χ2n) is 7.07. The van der Waals surface area contributed by atoms with Crippen LogP contribution in [0.25, 0.3) is 0 Å². The number of nitrogens with one attached hydrogen (secondary N) is 2. The fraction of sp³-hybridized carbons (Fsp3) is 0.450. The zero-order valence-electron chi connectivity index (χ0n) is 15.6. The van der Waals surface area contributed by atoms with Gasteiger partial charge in [0.15, 0.2) is 5.82 Å². The van der Waals surface area contributed by atoms with Crippen molar-refractivity contribution in [1.82, 2.24) is 20.2 Å². The fourth-order valence-electron chi connectivity index (χ4n) is 3.31. The highest BCUT2D eigenvalue weighted by Crippen LogP contribution is 2.22. The molecule has 6 nitrogen and oxygen atoms in total. The van der Waals surface area contributed by atoms with E-state index < -0.39 is 0 Å². The zero-order valence-corrected chi connectivity index (χ0v) is 15.6. The Morgan fingerprint density at radius 1 is 1.04 bits per heavy atom. The van der Waals surface area contributed by atoms with Gasteiger partial charge in [0.1, 0.15) is 5.69 Å². The van der Waals surface area contributed by atoms with Crippen LogP contribution in [0.4, 0.5) is 0 Å². The lowest BCUT2D eigenvalue weighted by Crippen LogP contribution is -2.31. The van der Waals surface area contributed by atoms with Crippen molar-refractivity contribution in [3.05, 3.63) is 53.1 Å². The van der Waals surface area contributed by atoms with E-state index in [0.717, 1.165) is 37.1 Å². The van der Waals surface area contributed by atoms with Gasteiger partial charge in [-0.2, -0.15) is 0 Å². The second-order valence-corrected chi connectivity index (χ2v) is 7.07. The number of hydrogen-bond acceptors (Lipinski definition) is 3. The lowest BCUT2D eigenvalue weighted by Gasteiger charge is -2.18. The summed E-state index contributed by atoms with van der Waals surface area (Å²) in [6.45, 7) is 6.49. The molecule has 1 atom stereocenters. The quantitative estimate of drug-likeness (QED) is 0.867. The number of aromatic nitrogens is 2. The van der Waals surface area contributed by atoms with Crippen molar-refractivity contribution in [2.45, 2.75) is 58.7 Å². The first-order valence-electron chi connectivity index (χ1n) is 9.23. The largest absolute Gasteiger partial charge is 0.348 e. The van der Waals surface area contributed by atoms with E-state index >= 15 is 0 Å². The number of carbonyl (C=O) groups excluding carboxylic acids is 2. The summed E-state index contributed by atoms with van der Waals surface area (Å²) in [7, 11) is 0. The normalized spacial score (nSPS) is 14.6. The summed E-state index contributed by atoms with van der Waals surface area (Å²) in [6, 6.07) is 9.70. The van der Waals surface area contributed by atoms with E-state index in [9.17, 15) is 9.59 Å². The molecule has 2 amide bonds. The Hall–Kier alpha value is -2.63. The van der Waals surface area contributed by atoms with Gasteiger partial charge in [0.25, 0.3) is 11.8 Å². The van der Waals surface area contributed by atoms with Gasteiger partial charge < -0.3 is 15.2 Å². The number of rotatable bonds is 5. The molecule has 2 aromatic rings. The zero-order chi connectivity index (χ0) is 18.7. The van der Waals surface area contributed by atoms with Gasteiger partial charge in [-0.25, -0.2) is 4.98 Å². The van der Waals surface area contributed by atoms with Crippen LogP contribution in [0.3, 0.4) is 0 Å². The summed E-state index contributed by atoms with van der Waals surface area (Å²) in [5.41, 5.74) is 2.28.